The van der Waals surface area contributed by atoms with Crippen molar-refractivity contribution in [2.24, 2.45) is 5.41 Å². The van der Waals surface area contributed by atoms with Gasteiger partial charge in [-0.2, -0.15) is 0 Å². The van der Waals surface area contributed by atoms with Crippen LogP contribution < -0.4 is 10.6 Å². The number of hydrogen-bond donors (Lipinski definition) is 2. The summed E-state index contributed by atoms with van der Waals surface area (Å²) in [5.74, 6) is -0.0521. The van der Waals surface area contributed by atoms with Gasteiger partial charge in [-0.1, -0.05) is 30.3 Å². The van der Waals surface area contributed by atoms with Gasteiger partial charge in [-0.15, -0.1) is 11.3 Å². The zero-order valence-corrected chi connectivity index (χ0v) is 14.7. The number of benzene rings is 1. The van der Waals surface area contributed by atoms with Gasteiger partial charge >= 0.3 is 0 Å². The van der Waals surface area contributed by atoms with Gasteiger partial charge in [0.1, 0.15) is 9.88 Å². The van der Waals surface area contributed by atoms with Crippen LogP contribution in [0.25, 0.3) is 10.6 Å². The van der Waals surface area contributed by atoms with Crippen LogP contribution in [0.5, 0.6) is 0 Å². The summed E-state index contributed by atoms with van der Waals surface area (Å²) in [5.41, 5.74) is 1.07. The SMILES string of the molecule is COCC1(CNC(=O)c2cnc(-c3ccccc3)s2)CCNCC1. The smallest absolute Gasteiger partial charge is 0.263 e. The number of methoxy groups -OCH3 is 1. The molecule has 1 aromatic carbocycles. The molecule has 5 nitrogen and oxygen atoms in total. The lowest BCUT2D eigenvalue weighted by Gasteiger charge is -2.37. The van der Waals surface area contributed by atoms with Crippen molar-refractivity contribution in [2.75, 3.05) is 33.4 Å². The van der Waals surface area contributed by atoms with Gasteiger partial charge in [-0.25, -0.2) is 4.98 Å². The Hall–Kier alpha value is -1.76. The molecule has 6 heteroatoms. The molecule has 0 radical (unpaired) electrons. The molecule has 1 saturated heterocycles. The molecule has 2 N–H and O–H groups in total. The molecule has 1 aliphatic heterocycles. The number of nitrogens with zero attached hydrogens (tertiary/aromatic N) is 1. The van der Waals surface area contributed by atoms with E-state index < -0.39 is 0 Å². The maximum Gasteiger partial charge on any atom is 0.263 e. The van der Waals surface area contributed by atoms with Crippen LogP contribution in [0.1, 0.15) is 22.5 Å². The van der Waals surface area contributed by atoms with Gasteiger partial charge in [-0.3, -0.25) is 4.79 Å². The molecule has 2 heterocycles. The number of carbonyl (C=O) groups is 1. The van der Waals surface area contributed by atoms with Crippen molar-refractivity contribution in [1.82, 2.24) is 15.6 Å². The zero-order valence-electron chi connectivity index (χ0n) is 13.9. The molecule has 2 aromatic rings. The van der Waals surface area contributed by atoms with Crippen molar-refractivity contribution >= 4 is 17.2 Å². The van der Waals surface area contributed by atoms with Gasteiger partial charge in [0.2, 0.25) is 0 Å². The van der Waals surface area contributed by atoms with Crippen molar-refractivity contribution in [1.29, 1.82) is 0 Å². The summed E-state index contributed by atoms with van der Waals surface area (Å²) in [6.07, 6.45) is 3.69. The molecule has 0 atom stereocenters. The fraction of sp³-hybridized carbons (Fsp3) is 0.444. The molecule has 3 rings (SSSR count). The average molecular weight is 345 g/mol. The van der Waals surface area contributed by atoms with E-state index in [1.807, 2.05) is 30.3 Å². The van der Waals surface area contributed by atoms with Gasteiger partial charge in [0.05, 0.1) is 12.8 Å². The molecule has 0 saturated carbocycles. The monoisotopic (exact) mass is 345 g/mol. The Labute approximate surface area is 146 Å². The Morgan fingerprint density at radius 1 is 1.33 bits per heavy atom. The van der Waals surface area contributed by atoms with E-state index in [9.17, 15) is 4.79 Å². The summed E-state index contributed by atoms with van der Waals surface area (Å²) in [6, 6.07) is 9.93. The topological polar surface area (TPSA) is 63.2 Å². The van der Waals surface area contributed by atoms with Gasteiger partial charge in [0, 0.05) is 24.6 Å². The van der Waals surface area contributed by atoms with E-state index in [2.05, 4.69) is 15.6 Å². The summed E-state index contributed by atoms with van der Waals surface area (Å²) in [5, 5.41) is 7.31. The van der Waals surface area contributed by atoms with E-state index in [4.69, 9.17) is 4.74 Å². The Balaban J connectivity index is 1.63. The van der Waals surface area contributed by atoms with E-state index >= 15 is 0 Å². The molecular formula is C18H23N3O2S. The second kappa shape index (κ2) is 7.88. The molecule has 0 spiro atoms. The highest BCUT2D eigenvalue weighted by atomic mass is 32.1. The summed E-state index contributed by atoms with van der Waals surface area (Å²) in [4.78, 5) is 17.5. The van der Waals surface area contributed by atoms with E-state index in [1.54, 1.807) is 13.3 Å². The molecule has 0 bridgehead atoms. The van der Waals surface area contributed by atoms with Crippen molar-refractivity contribution in [2.45, 2.75) is 12.8 Å². The molecular weight excluding hydrogens is 322 g/mol. The highest BCUT2D eigenvalue weighted by Gasteiger charge is 2.32. The molecule has 0 aliphatic carbocycles. The maximum atomic E-state index is 12.5. The van der Waals surface area contributed by atoms with Crippen LogP contribution in [0.3, 0.4) is 0 Å². The number of thiazole rings is 1. The van der Waals surface area contributed by atoms with E-state index in [-0.39, 0.29) is 11.3 Å². The molecule has 0 unspecified atom stereocenters. The molecule has 1 aromatic heterocycles. The molecule has 1 fully saturated rings. The first-order valence-corrected chi connectivity index (χ1v) is 9.03. The van der Waals surface area contributed by atoms with Crippen LogP contribution in [0, 0.1) is 5.41 Å². The predicted molar refractivity (Wildman–Crippen MR) is 96.3 cm³/mol. The first kappa shape index (κ1) is 17.1. The number of aromatic nitrogens is 1. The van der Waals surface area contributed by atoms with Crippen LogP contribution in [-0.4, -0.2) is 44.2 Å². The molecule has 1 aliphatic rings. The number of ether oxygens (including phenoxy) is 1. The van der Waals surface area contributed by atoms with E-state index in [1.165, 1.54) is 11.3 Å². The van der Waals surface area contributed by atoms with Gasteiger partial charge in [0.25, 0.3) is 5.91 Å². The lowest BCUT2D eigenvalue weighted by atomic mass is 9.79. The lowest BCUT2D eigenvalue weighted by Crippen LogP contribution is -2.47. The highest BCUT2D eigenvalue weighted by Crippen LogP contribution is 2.29. The van der Waals surface area contributed by atoms with E-state index in [0.29, 0.717) is 18.0 Å². The average Bonchev–Trinajstić information content (AvgIpc) is 3.12. The van der Waals surface area contributed by atoms with Crippen LogP contribution in [-0.2, 0) is 4.74 Å². The third-order valence-electron chi connectivity index (χ3n) is 4.49. The maximum absolute atomic E-state index is 12.5. The summed E-state index contributed by atoms with van der Waals surface area (Å²) in [7, 11) is 1.72. The number of amides is 1. The van der Waals surface area contributed by atoms with Gasteiger partial charge < -0.3 is 15.4 Å². The first-order valence-electron chi connectivity index (χ1n) is 8.22. The minimum atomic E-state index is -0.0521. The van der Waals surface area contributed by atoms with Crippen LogP contribution >= 0.6 is 11.3 Å². The van der Waals surface area contributed by atoms with Crippen molar-refractivity contribution in [3.63, 3.8) is 0 Å². The standard InChI is InChI=1S/C18H23N3O2S/c1-23-13-18(7-9-19-10-8-18)12-21-16(22)15-11-20-17(24-15)14-5-3-2-4-6-14/h2-6,11,19H,7-10,12-13H2,1H3,(H,21,22). The Morgan fingerprint density at radius 3 is 2.79 bits per heavy atom. The largest absolute Gasteiger partial charge is 0.384 e. The fourth-order valence-electron chi connectivity index (χ4n) is 3.08. The predicted octanol–water partition coefficient (Wildman–Crippen LogP) is 2.56. The molecule has 128 valence electrons. The van der Waals surface area contributed by atoms with Gasteiger partial charge in [-0.05, 0) is 25.9 Å². The zero-order chi connectivity index (χ0) is 16.8. The quantitative estimate of drug-likeness (QED) is 0.845. The molecule has 24 heavy (non-hydrogen) atoms. The fourth-order valence-corrected chi connectivity index (χ4v) is 3.92. The second-order valence-corrected chi connectivity index (χ2v) is 7.29. The number of piperidine rings is 1. The van der Waals surface area contributed by atoms with Crippen LogP contribution in [0.4, 0.5) is 0 Å². The van der Waals surface area contributed by atoms with Crippen molar-refractivity contribution in [3.8, 4) is 10.6 Å². The van der Waals surface area contributed by atoms with Crippen molar-refractivity contribution in [3.05, 3.63) is 41.4 Å². The van der Waals surface area contributed by atoms with Crippen molar-refractivity contribution < 1.29 is 9.53 Å². The second-order valence-electron chi connectivity index (χ2n) is 6.26. The lowest BCUT2D eigenvalue weighted by molar-refractivity contribution is 0.0512. The van der Waals surface area contributed by atoms with E-state index in [0.717, 1.165) is 36.5 Å². The number of rotatable bonds is 6. The number of nitrogens with one attached hydrogen (secondary N) is 2. The summed E-state index contributed by atoms with van der Waals surface area (Å²) in [6.45, 7) is 3.25. The molecule has 1 amide bonds. The van der Waals surface area contributed by atoms with Crippen LogP contribution in [0.2, 0.25) is 0 Å². The number of carbonyl (C=O) groups excluding carboxylic acids is 1. The van der Waals surface area contributed by atoms with Gasteiger partial charge in [0.15, 0.2) is 0 Å². The normalized spacial score (nSPS) is 16.7. The third-order valence-corrected chi connectivity index (χ3v) is 5.53. The number of hydrogen-bond acceptors (Lipinski definition) is 5. The minimum absolute atomic E-state index is 0.0304. The minimum Gasteiger partial charge on any atom is -0.384 e. The Morgan fingerprint density at radius 2 is 2.08 bits per heavy atom. The highest BCUT2D eigenvalue weighted by molar-refractivity contribution is 7.16. The third kappa shape index (κ3) is 4.01. The Kier molecular flexibility index (Phi) is 5.60. The summed E-state index contributed by atoms with van der Waals surface area (Å²) < 4.78 is 5.40. The van der Waals surface area contributed by atoms with Crippen LogP contribution in [0.15, 0.2) is 36.5 Å². The Bertz CT molecular complexity index is 660. The first-order chi connectivity index (χ1) is 11.7. The summed E-state index contributed by atoms with van der Waals surface area (Å²) >= 11 is 1.43.